The number of ether oxygens (including phenoxy) is 1. The summed E-state index contributed by atoms with van der Waals surface area (Å²) >= 11 is 0. The summed E-state index contributed by atoms with van der Waals surface area (Å²) < 4.78 is 114. The van der Waals surface area contributed by atoms with E-state index in [2.05, 4.69) is 15.0 Å². The number of phosphoric acid groups is 1. The van der Waals surface area contributed by atoms with E-state index in [1.54, 1.807) is 0 Å². The van der Waals surface area contributed by atoms with E-state index < -0.39 is 79.0 Å². The Kier molecular flexibility index (Phi) is 8.97. The molecule has 1 N–H and O–H groups in total. The van der Waals surface area contributed by atoms with Gasteiger partial charge in [0.2, 0.25) is 0 Å². The van der Waals surface area contributed by atoms with E-state index >= 15 is 0 Å². The molecule has 0 spiro atoms. The lowest BCUT2D eigenvalue weighted by atomic mass is 10.1. The maximum Gasteiger partial charge on any atom is 0.587 e. The fourth-order valence-electron chi connectivity index (χ4n) is 3.93. The fraction of sp³-hybridized carbons (Fsp3) is 0.333. The standard InChI is InChI=1S/C24H20F6N5O7P/c1-13-11-35(22(37)32-21(13)36)20-10-18(33-34-31)19(40-20)12-39-43(38,41-16-6-2-14(3-7-16)23(25,26)27)42-17-8-4-15(5-9-17)24(28,29)30/h2-9,11,18-20H,10,12H2,1H3,(H,32,36,37)/t18-,19+,20+/m0/s1. The first-order valence-corrected chi connectivity index (χ1v) is 13.5. The van der Waals surface area contributed by atoms with Gasteiger partial charge in [0, 0.05) is 23.1 Å². The van der Waals surface area contributed by atoms with E-state index in [9.17, 15) is 40.5 Å². The van der Waals surface area contributed by atoms with Crippen LogP contribution in [0.15, 0.2) is 69.4 Å². The van der Waals surface area contributed by atoms with Crippen molar-refractivity contribution in [2.75, 3.05) is 6.61 Å². The van der Waals surface area contributed by atoms with Gasteiger partial charge >= 0.3 is 25.9 Å². The Labute approximate surface area is 237 Å². The molecule has 1 saturated heterocycles. The van der Waals surface area contributed by atoms with Crippen LogP contribution in [0.4, 0.5) is 26.3 Å². The number of phosphoric ester groups is 1. The van der Waals surface area contributed by atoms with Crippen LogP contribution in [0.5, 0.6) is 11.5 Å². The summed E-state index contributed by atoms with van der Waals surface area (Å²) in [5, 5.41) is 3.59. The van der Waals surface area contributed by atoms with Crippen molar-refractivity contribution in [3.05, 3.63) is 103 Å². The van der Waals surface area contributed by atoms with Gasteiger partial charge < -0.3 is 13.8 Å². The topological polar surface area (TPSA) is 158 Å². The summed E-state index contributed by atoms with van der Waals surface area (Å²) in [6, 6.07) is 4.80. The molecule has 19 heteroatoms. The lowest BCUT2D eigenvalue weighted by Gasteiger charge is -2.22. The number of alkyl halides is 6. The molecule has 0 radical (unpaired) electrons. The molecular weight excluding hydrogens is 615 g/mol. The molecule has 3 aromatic rings. The highest BCUT2D eigenvalue weighted by atomic mass is 31.2. The van der Waals surface area contributed by atoms with Gasteiger partial charge in [0.15, 0.2) is 0 Å². The number of aromatic nitrogens is 2. The van der Waals surface area contributed by atoms with Gasteiger partial charge in [-0.1, -0.05) is 5.11 Å². The van der Waals surface area contributed by atoms with Crippen LogP contribution in [0.2, 0.25) is 0 Å². The van der Waals surface area contributed by atoms with Crippen LogP contribution in [0, 0.1) is 6.92 Å². The number of hydrogen-bond donors (Lipinski definition) is 1. The van der Waals surface area contributed by atoms with Crippen molar-refractivity contribution in [3.8, 4) is 11.5 Å². The molecule has 43 heavy (non-hydrogen) atoms. The summed E-state index contributed by atoms with van der Waals surface area (Å²) in [6.07, 6.45) is -10.5. The SMILES string of the molecule is Cc1cn([C@H]2C[C@H](N=[N+]=[N-])[C@@H](COP(=O)(Oc3ccc(C(F)(F)F)cc3)Oc3ccc(C(F)(F)F)cc3)O2)c(=O)[nH]c1=O. The van der Waals surface area contributed by atoms with E-state index in [4.69, 9.17) is 23.8 Å². The van der Waals surface area contributed by atoms with Crippen molar-refractivity contribution < 1.29 is 49.2 Å². The van der Waals surface area contributed by atoms with Gasteiger partial charge in [-0.15, -0.1) is 0 Å². The van der Waals surface area contributed by atoms with Crippen molar-refractivity contribution in [3.63, 3.8) is 0 Å². The maximum atomic E-state index is 13.7. The van der Waals surface area contributed by atoms with E-state index in [-0.39, 0.29) is 12.0 Å². The lowest BCUT2D eigenvalue weighted by Crippen LogP contribution is -2.33. The Morgan fingerprint density at radius 3 is 1.98 bits per heavy atom. The molecular formula is C24H20F6N5O7P. The van der Waals surface area contributed by atoms with Gasteiger partial charge in [0.1, 0.15) is 17.7 Å². The summed E-state index contributed by atoms with van der Waals surface area (Å²) in [4.78, 5) is 28.8. The molecule has 0 unspecified atom stereocenters. The number of H-pyrrole nitrogens is 1. The van der Waals surface area contributed by atoms with Crippen LogP contribution in [0.1, 0.15) is 29.3 Å². The van der Waals surface area contributed by atoms with Crippen LogP contribution in [-0.4, -0.2) is 28.3 Å². The number of rotatable bonds is 9. The molecule has 1 fully saturated rings. The molecule has 0 amide bonds. The molecule has 1 aromatic heterocycles. The Balaban J connectivity index is 1.59. The van der Waals surface area contributed by atoms with Crippen LogP contribution in [-0.2, 0) is 26.2 Å². The second-order valence-corrected chi connectivity index (χ2v) is 10.6. The summed E-state index contributed by atoms with van der Waals surface area (Å²) in [5.41, 5.74) is 5.61. The van der Waals surface area contributed by atoms with Crippen LogP contribution in [0.3, 0.4) is 0 Å². The quantitative estimate of drug-likeness (QED) is 0.0974. The zero-order chi connectivity index (χ0) is 31.6. The number of aryl methyl sites for hydroxylation is 1. The minimum Gasteiger partial charge on any atom is -0.395 e. The number of halogens is 6. The second kappa shape index (κ2) is 12.2. The third kappa shape index (κ3) is 7.78. The number of nitrogens with one attached hydrogen (secondary N) is 1. The minimum atomic E-state index is -4.88. The Morgan fingerprint density at radius 2 is 1.51 bits per heavy atom. The number of nitrogens with zero attached hydrogens (tertiary/aromatic N) is 4. The minimum absolute atomic E-state index is 0.0900. The van der Waals surface area contributed by atoms with Gasteiger partial charge in [0.25, 0.3) is 5.56 Å². The van der Waals surface area contributed by atoms with Gasteiger partial charge in [0.05, 0.1) is 29.9 Å². The van der Waals surface area contributed by atoms with Gasteiger partial charge in [-0.25, -0.2) is 9.36 Å². The number of aromatic amines is 1. The predicted octanol–water partition coefficient (Wildman–Crippen LogP) is 6.13. The van der Waals surface area contributed by atoms with Crippen molar-refractivity contribution in [1.29, 1.82) is 0 Å². The molecule has 2 heterocycles. The number of benzene rings is 2. The summed E-state index contributed by atoms with van der Waals surface area (Å²) in [5.74, 6) is -0.814. The monoisotopic (exact) mass is 635 g/mol. The van der Waals surface area contributed by atoms with Crippen molar-refractivity contribution in [1.82, 2.24) is 9.55 Å². The molecule has 3 atom stereocenters. The zero-order valence-electron chi connectivity index (χ0n) is 21.7. The van der Waals surface area contributed by atoms with E-state index in [1.807, 2.05) is 0 Å². The lowest BCUT2D eigenvalue weighted by molar-refractivity contribution is -0.138. The van der Waals surface area contributed by atoms with E-state index in [1.165, 1.54) is 13.1 Å². The van der Waals surface area contributed by atoms with E-state index in [0.717, 1.165) is 28.8 Å². The van der Waals surface area contributed by atoms with Gasteiger partial charge in [-0.3, -0.25) is 18.9 Å². The van der Waals surface area contributed by atoms with Gasteiger partial charge in [-0.2, -0.15) is 26.3 Å². The maximum absolute atomic E-state index is 13.7. The summed E-state index contributed by atoms with van der Waals surface area (Å²) in [6.45, 7) is 0.735. The molecule has 12 nitrogen and oxygen atoms in total. The smallest absolute Gasteiger partial charge is 0.395 e. The number of hydrogen-bond acceptors (Lipinski definition) is 8. The normalized spacial score (nSPS) is 19.1. The van der Waals surface area contributed by atoms with Crippen LogP contribution < -0.4 is 20.3 Å². The van der Waals surface area contributed by atoms with Crippen LogP contribution >= 0.6 is 7.82 Å². The largest absolute Gasteiger partial charge is 0.587 e. The third-order valence-corrected chi connectivity index (χ3v) is 7.39. The average Bonchev–Trinajstić information content (AvgIpc) is 3.32. The average molecular weight is 635 g/mol. The number of azide groups is 1. The second-order valence-electron chi connectivity index (χ2n) is 9.09. The third-order valence-electron chi connectivity index (χ3n) is 6.05. The first-order valence-electron chi connectivity index (χ1n) is 12.1. The van der Waals surface area contributed by atoms with Crippen molar-refractivity contribution in [2.24, 2.45) is 5.11 Å². The zero-order valence-corrected chi connectivity index (χ0v) is 22.6. The van der Waals surface area contributed by atoms with Crippen molar-refractivity contribution >= 4 is 7.82 Å². The Bertz CT molecular complexity index is 1600. The highest BCUT2D eigenvalue weighted by molar-refractivity contribution is 7.49. The Morgan fingerprint density at radius 1 is 1.00 bits per heavy atom. The molecule has 230 valence electrons. The fourth-order valence-corrected chi connectivity index (χ4v) is 5.16. The predicted molar refractivity (Wildman–Crippen MR) is 135 cm³/mol. The molecule has 1 aliphatic heterocycles. The molecule has 4 rings (SSSR count). The first kappa shape index (κ1) is 31.7. The molecule has 0 saturated carbocycles. The molecule has 2 aromatic carbocycles. The van der Waals surface area contributed by atoms with E-state index in [0.29, 0.717) is 24.3 Å². The Hall–Kier alpha value is -4.24. The molecule has 0 aliphatic carbocycles. The highest BCUT2D eigenvalue weighted by Gasteiger charge is 2.41. The van der Waals surface area contributed by atoms with Crippen molar-refractivity contribution in [2.45, 2.75) is 44.1 Å². The first-order chi connectivity index (χ1) is 20.1. The van der Waals surface area contributed by atoms with Gasteiger partial charge in [-0.05, 0) is 61.0 Å². The molecule has 1 aliphatic rings. The van der Waals surface area contributed by atoms with Crippen LogP contribution in [0.25, 0.3) is 10.4 Å². The molecule has 0 bridgehead atoms. The summed E-state index contributed by atoms with van der Waals surface area (Å²) in [7, 11) is -4.88. The highest BCUT2D eigenvalue weighted by Crippen LogP contribution is 2.51.